The van der Waals surface area contributed by atoms with Crippen molar-refractivity contribution in [1.29, 1.82) is 0 Å². The summed E-state index contributed by atoms with van der Waals surface area (Å²) in [7, 11) is -3.29. The molecule has 0 aliphatic heterocycles. The monoisotopic (exact) mass is 398 g/mol. The predicted octanol–water partition coefficient (Wildman–Crippen LogP) is 4.13. The van der Waals surface area contributed by atoms with Gasteiger partial charge >= 0.3 is 6.18 Å². The minimum absolute atomic E-state index is 0.0369. The first-order valence-corrected chi connectivity index (χ1v) is 10.4. The summed E-state index contributed by atoms with van der Waals surface area (Å²) in [6.45, 7) is 1.97. The van der Waals surface area contributed by atoms with E-state index in [0.29, 0.717) is 22.9 Å². The summed E-state index contributed by atoms with van der Waals surface area (Å²) in [4.78, 5) is 3.77. The summed E-state index contributed by atoms with van der Waals surface area (Å²) in [5, 5.41) is 3.35. The van der Waals surface area contributed by atoms with Crippen LogP contribution in [-0.4, -0.2) is 19.2 Å². The van der Waals surface area contributed by atoms with Gasteiger partial charge in [0.25, 0.3) is 0 Å². The molecule has 1 aliphatic rings. The van der Waals surface area contributed by atoms with Crippen LogP contribution in [0.1, 0.15) is 42.6 Å². The van der Waals surface area contributed by atoms with Crippen LogP contribution in [0.5, 0.6) is 0 Å². The van der Waals surface area contributed by atoms with Crippen LogP contribution in [0.3, 0.4) is 0 Å². The van der Waals surface area contributed by atoms with E-state index in [9.17, 15) is 21.6 Å². The number of sulfone groups is 1. The normalized spacial score (nSPS) is 16.3. The van der Waals surface area contributed by atoms with Gasteiger partial charge in [0.15, 0.2) is 9.84 Å². The first-order chi connectivity index (χ1) is 12.7. The molecule has 8 heteroatoms. The highest BCUT2D eigenvalue weighted by Crippen LogP contribution is 2.41. The van der Waals surface area contributed by atoms with Crippen molar-refractivity contribution in [3.63, 3.8) is 0 Å². The lowest BCUT2D eigenvalue weighted by Crippen LogP contribution is -2.23. The van der Waals surface area contributed by atoms with Crippen LogP contribution in [-0.2, 0) is 22.6 Å². The number of nitrogens with zero attached hydrogens (tertiary/aromatic N) is 1. The number of benzene rings is 1. The molecule has 4 nitrogen and oxygen atoms in total. The third kappa shape index (κ3) is 4.87. The van der Waals surface area contributed by atoms with Crippen LogP contribution >= 0.6 is 0 Å². The van der Waals surface area contributed by atoms with Gasteiger partial charge in [0.05, 0.1) is 10.6 Å². The molecule has 0 radical (unpaired) electrons. The molecule has 1 N–H and O–H groups in total. The van der Waals surface area contributed by atoms with Gasteiger partial charge in [-0.1, -0.05) is 25.1 Å². The lowest BCUT2D eigenvalue weighted by atomic mass is 10.0. The Morgan fingerprint density at radius 1 is 1.22 bits per heavy atom. The number of alkyl halides is 3. The van der Waals surface area contributed by atoms with Crippen LogP contribution < -0.4 is 5.32 Å². The van der Waals surface area contributed by atoms with Gasteiger partial charge in [-0.3, -0.25) is 4.98 Å². The lowest BCUT2D eigenvalue weighted by Gasteiger charge is -2.20. The molecule has 0 bridgehead atoms. The molecular formula is C19H21F3N2O2S. The second kappa shape index (κ2) is 7.59. The highest BCUT2D eigenvalue weighted by Gasteiger charge is 2.33. The zero-order valence-corrected chi connectivity index (χ0v) is 15.6. The van der Waals surface area contributed by atoms with Crippen molar-refractivity contribution in [2.45, 2.75) is 43.4 Å². The Morgan fingerprint density at radius 3 is 2.52 bits per heavy atom. The summed E-state index contributed by atoms with van der Waals surface area (Å²) in [5.41, 5.74) is 0.611. The second-order valence-corrected chi connectivity index (χ2v) is 9.00. The maximum atomic E-state index is 12.6. The summed E-state index contributed by atoms with van der Waals surface area (Å²) < 4.78 is 62.1. The molecule has 0 amide bonds. The molecule has 27 heavy (non-hydrogen) atoms. The number of nitrogens with one attached hydrogen (secondary N) is 1. The molecule has 1 aliphatic carbocycles. The van der Waals surface area contributed by atoms with E-state index in [1.165, 1.54) is 12.3 Å². The van der Waals surface area contributed by atoms with Crippen molar-refractivity contribution in [1.82, 2.24) is 10.3 Å². The van der Waals surface area contributed by atoms with E-state index in [1.807, 2.05) is 6.07 Å². The standard InChI is InChI=1S/C19H21F3N2O2S/c1-2-27(25,26)16-5-3-4-15(10-16)18(14-7-8-14)24-12-13-6-9-17(23-11-13)19(20,21)22/h3-6,9-11,14,18,24H,2,7-8,12H2,1H3. The maximum absolute atomic E-state index is 12.6. The van der Waals surface area contributed by atoms with Crippen LogP contribution in [0.15, 0.2) is 47.5 Å². The molecule has 1 heterocycles. The van der Waals surface area contributed by atoms with Crippen LogP contribution in [0.4, 0.5) is 13.2 Å². The molecule has 1 atom stereocenters. The van der Waals surface area contributed by atoms with Gasteiger partial charge in [-0.15, -0.1) is 0 Å². The van der Waals surface area contributed by atoms with E-state index in [2.05, 4.69) is 10.3 Å². The Kier molecular flexibility index (Phi) is 5.58. The Balaban J connectivity index is 1.75. The molecule has 0 spiro atoms. The average molecular weight is 398 g/mol. The lowest BCUT2D eigenvalue weighted by molar-refractivity contribution is -0.141. The first kappa shape index (κ1) is 19.8. The third-order valence-electron chi connectivity index (χ3n) is 4.69. The van der Waals surface area contributed by atoms with E-state index in [4.69, 9.17) is 0 Å². The van der Waals surface area contributed by atoms with Crippen molar-refractivity contribution >= 4 is 9.84 Å². The molecule has 1 fully saturated rings. The molecule has 1 saturated carbocycles. The molecule has 1 aromatic heterocycles. The van der Waals surface area contributed by atoms with Gasteiger partial charge in [0.1, 0.15) is 5.69 Å². The molecule has 1 aromatic carbocycles. The fourth-order valence-electron chi connectivity index (χ4n) is 2.98. The van der Waals surface area contributed by atoms with Crippen molar-refractivity contribution in [3.05, 3.63) is 59.4 Å². The van der Waals surface area contributed by atoms with E-state index < -0.39 is 21.7 Å². The topological polar surface area (TPSA) is 59.1 Å². The summed E-state index contributed by atoms with van der Waals surface area (Å²) in [6, 6.07) is 9.23. The Bertz CT molecular complexity index is 892. The molecule has 1 unspecified atom stereocenters. The molecule has 0 saturated heterocycles. The maximum Gasteiger partial charge on any atom is 0.433 e. The molecule has 3 rings (SSSR count). The van der Waals surface area contributed by atoms with Crippen LogP contribution in [0.25, 0.3) is 0 Å². The minimum atomic E-state index is -4.45. The highest BCUT2D eigenvalue weighted by atomic mass is 32.2. The fraction of sp³-hybridized carbons (Fsp3) is 0.421. The number of hydrogen-bond acceptors (Lipinski definition) is 4. The summed E-state index contributed by atoms with van der Waals surface area (Å²) in [6.07, 6.45) is -1.16. The zero-order chi connectivity index (χ0) is 19.7. The highest BCUT2D eigenvalue weighted by molar-refractivity contribution is 7.91. The number of rotatable bonds is 7. The Labute approximate surface area is 156 Å². The van der Waals surface area contributed by atoms with Crippen molar-refractivity contribution in [3.8, 4) is 0 Å². The number of aromatic nitrogens is 1. The Morgan fingerprint density at radius 2 is 1.96 bits per heavy atom. The van der Waals surface area contributed by atoms with E-state index in [-0.39, 0.29) is 11.8 Å². The Hall–Kier alpha value is -1.93. The van der Waals surface area contributed by atoms with E-state index in [1.54, 1.807) is 25.1 Å². The quantitative estimate of drug-likeness (QED) is 0.762. The van der Waals surface area contributed by atoms with Gasteiger partial charge in [-0.25, -0.2) is 8.42 Å². The zero-order valence-electron chi connectivity index (χ0n) is 14.8. The van der Waals surface area contributed by atoms with Crippen molar-refractivity contribution < 1.29 is 21.6 Å². The second-order valence-electron chi connectivity index (χ2n) is 6.72. The minimum Gasteiger partial charge on any atom is -0.306 e. The third-order valence-corrected chi connectivity index (χ3v) is 6.42. The average Bonchev–Trinajstić information content (AvgIpc) is 3.47. The number of pyridine rings is 1. The van der Waals surface area contributed by atoms with Gasteiger partial charge < -0.3 is 5.32 Å². The smallest absolute Gasteiger partial charge is 0.306 e. The van der Waals surface area contributed by atoms with Crippen molar-refractivity contribution in [2.75, 3.05) is 5.75 Å². The van der Waals surface area contributed by atoms with Gasteiger partial charge in [0, 0.05) is 18.8 Å². The van der Waals surface area contributed by atoms with Crippen molar-refractivity contribution in [2.24, 2.45) is 5.92 Å². The largest absolute Gasteiger partial charge is 0.433 e. The molecular weight excluding hydrogens is 377 g/mol. The molecule has 146 valence electrons. The predicted molar refractivity (Wildman–Crippen MR) is 95.7 cm³/mol. The van der Waals surface area contributed by atoms with Crippen LogP contribution in [0, 0.1) is 5.92 Å². The van der Waals surface area contributed by atoms with Crippen LogP contribution in [0.2, 0.25) is 0 Å². The van der Waals surface area contributed by atoms with Gasteiger partial charge in [-0.2, -0.15) is 13.2 Å². The van der Waals surface area contributed by atoms with Gasteiger partial charge in [0.2, 0.25) is 0 Å². The SMILES string of the molecule is CCS(=O)(=O)c1cccc(C(NCc2ccc(C(F)(F)F)nc2)C2CC2)c1. The van der Waals surface area contributed by atoms with Gasteiger partial charge in [-0.05, 0) is 48.1 Å². The first-order valence-electron chi connectivity index (χ1n) is 8.79. The summed E-state index contributed by atoms with van der Waals surface area (Å²) >= 11 is 0. The van der Waals surface area contributed by atoms with E-state index in [0.717, 1.165) is 24.5 Å². The van der Waals surface area contributed by atoms with E-state index >= 15 is 0 Å². The molecule has 2 aromatic rings. The fourth-order valence-corrected chi connectivity index (χ4v) is 3.91. The summed E-state index contributed by atoms with van der Waals surface area (Å²) in [5.74, 6) is 0.432. The number of halogens is 3. The number of hydrogen-bond donors (Lipinski definition) is 1.